The summed E-state index contributed by atoms with van der Waals surface area (Å²) in [5.74, 6) is -0.194. The molecule has 1 aromatic heterocycles. The van der Waals surface area contributed by atoms with Crippen LogP contribution < -0.4 is 11.1 Å². The molecule has 4 aromatic rings. The molecule has 11 heteroatoms. The van der Waals surface area contributed by atoms with Crippen LogP contribution >= 0.6 is 0 Å². The van der Waals surface area contributed by atoms with E-state index in [0.29, 0.717) is 16.6 Å². The van der Waals surface area contributed by atoms with Crippen LogP contribution in [0.15, 0.2) is 60.7 Å². The molecule has 38 heavy (non-hydrogen) atoms. The Morgan fingerprint density at radius 3 is 2.47 bits per heavy atom. The lowest BCUT2D eigenvalue weighted by Crippen LogP contribution is -2.32. The van der Waals surface area contributed by atoms with Gasteiger partial charge in [0.1, 0.15) is 11.4 Å². The minimum absolute atomic E-state index is 0.00899. The third-order valence-corrected chi connectivity index (χ3v) is 7.84. The van der Waals surface area contributed by atoms with Crippen LogP contribution in [0.25, 0.3) is 16.6 Å². The van der Waals surface area contributed by atoms with Crippen LogP contribution in [-0.2, 0) is 16.6 Å². The molecule has 10 nitrogen and oxygen atoms in total. The number of hydrogen-bond acceptors (Lipinski definition) is 7. The molecule has 5 rings (SSSR count). The van der Waals surface area contributed by atoms with Gasteiger partial charge in [-0.1, -0.05) is 6.07 Å². The zero-order valence-corrected chi connectivity index (χ0v) is 21.6. The van der Waals surface area contributed by atoms with Gasteiger partial charge in [-0.25, -0.2) is 13.1 Å². The molecule has 1 aliphatic carbocycles. The molecule has 5 N–H and O–H groups in total. The number of rotatable bonds is 10. The summed E-state index contributed by atoms with van der Waals surface area (Å²) in [6, 6.07) is 17.8. The number of primary amides is 1. The van der Waals surface area contributed by atoms with E-state index in [-0.39, 0.29) is 37.1 Å². The number of phenolic OH excluding ortho intramolecular Hbond substituents is 1. The molecule has 1 heterocycles. The molecule has 0 unspecified atom stereocenters. The molecular formula is C27H29N5O5S. The Bertz CT molecular complexity index is 1610. The Balaban J connectivity index is 1.54. The monoisotopic (exact) mass is 535 g/mol. The van der Waals surface area contributed by atoms with Crippen LogP contribution in [0.2, 0.25) is 0 Å². The van der Waals surface area contributed by atoms with Gasteiger partial charge in [-0.3, -0.25) is 4.79 Å². The number of phenols is 1. The smallest absolute Gasteiger partial charge is 0.268 e. The first kappa shape index (κ1) is 25.7. The maximum atomic E-state index is 12.6. The zero-order valence-electron chi connectivity index (χ0n) is 20.8. The van der Waals surface area contributed by atoms with Gasteiger partial charge >= 0.3 is 0 Å². The first-order valence-corrected chi connectivity index (χ1v) is 14.1. The van der Waals surface area contributed by atoms with Crippen molar-refractivity contribution >= 4 is 38.2 Å². The number of aliphatic hydroxyl groups is 1. The highest BCUT2D eigenvalue weighted by Crippen LogP contribution is 2.43. The largest absolute Gasteiger partial charge is 0.508 e. The fraction of sp³-hybridized carbons (Fsp3) is 0.259. The van der Waals surface area contributed by atoms with E-state index in [1.165, 1.54) is 8.99 Å². The van der Waals surface area contributed by atoms with Gasteiger partial charge in [0.05, 0.1) is 24.1 Å². The summed E-state index contributed by atoms with van der Waals surface area (Å²) in [6.07, 6.45) is 3.08. The van der Waals surface area contributed by atoms with Crippen LogP contribution in [0.3, 0.4) is 0 Å². The number of benzene rings is 3. The third-order valence-electron chi connectivity index (χ3n) is 6.59. The maximum absolute atomic E-state index is 12.6. The Kier molecular flexibility index (Phi) is 6.82. The highest BCUT2D eigenvalue weighted by Gasteiger charge is 2.30. The molecule has 0 radical (unpaired) electrons. The van der Waals surface area contributed by atoms with Gasteiger partial charge in [0, 0.05) is 35.9 Å². The Morgan fingerprint density at radius 2 is 1.87 bits per heavy atom. The standard InChI is InChI=1S/C27H29N5O5S/c1-38(36,37)31(11-12-33)16-18-13-25-24(15-23(18)17-5-6-17)26(27(28)35)32(30-25)21-9-7-19(8-10-21)29-20-3-2-4-22(34)14-20/h2-4,7-10,13-15,17,29,33-34H,5-6,11-12,16H2,1H3,(H2,28,35). The summed E-state index contributed by atoms with van der Waals surface area (Å²) in [4.78, 5) is 12.6. The second kappa shape index (κ2) is 10.1. The Morgan fingerprint density at radius 1 is 1.13 bits per heavy atom. The molecule has 0 spiro atoms. The van der Waals surface area contributed by atoms with E-state index in [9.17, 15) is 23.4 Å². The van der Waals surface area contributed by atoms with Gasteiger partial charge in [0.25, 0.3) is 5.91 Å². The van der Waals surface area contributed by atoms with Crippen molar-refractivity contribution in [2.75, 3.05) is 24.7 Å². The molecular weight excluding hydrogens is 506 g/mol. The number of aromatic nitrogens is 2. The normalized spacial score (nSPS) is 13.8. The fourth-order valence-electron chi connectivity index (χ4n) is 4.63. The van der Waals surface area contributed by atoms with E-state index in [1.54, 1.807) is 30.3 Å². The Hall–Kier alpha value is -3.93. The van der Waals surface area contributed by atoms with E-state index in [1.807, 2.05) is 30.3 Å². The first-order valence-electron chi connectivity index (χ1n) is 12.2. The van der Waals surface area contributed by atoms with Gasteiger partial charge in [-0.05, 0) is 78.4 Å². The van der Waals surface area contributed by atoms with Crippen molar-refractivity contribution in [3.63, 3.8) is 0 Å². The van der Waals surface area contributed by atoms with Gasteiger partial charge < -0.3 is 21.3 Å². The minimum Gasteiger partial charge on any atom is -0.508 e. The van der Waals surface area contributed by atoms with Gasteiger partial charge in [-0.15, -0.1) is 0 Å². The molecule has 1 amide bonds. The number of nitrogens with two attached hydrogens (primary N) is 1. The van der Waals surface area contributed by atoms with Crippen LogP contribution in [0.1, 0.15) is 40.4 Å². The van der Waals surface area contributed by atoms with Crippen molar-refractivity contribution in [1.82, 2.24) is 14.1 Å². The quantitative estimate of drug-likeness (QED) is 0.243. The number of aliphatic hydroxyl groups excluding tert-OH is 1. The van der Waals surface area contributed by atoms with E-state index in [0.717, 1.165) is 41.6 Å². The summed E-state index contributed by atoms with van der Waals surface area (Å²) < 4.78 is 27.3. The van der Waals surface area contributed by atoms with Crippen molar-refractivity contribution in [1.29, 1.82) is 0 Å². The number of hydrogen-bond donors (Lipinski definition) is 4. The van der Waals surface area contributed by atoms with E-state index < -0.39 is 15.9 Å². The predicted octanol–water partition coefficient (Wildman–Crippen LogP) is 3.20. The van der Waals surface area contributed by atoms with Crippen LogP contribution in [0.4, 0.5) is 11.4 Å². The maximum Gasteiger partial charge on any atom is 0.268 e. The Labute approximate surface area is 220 Å². The number of aromatic hydroxyl groups is 1. The van der Waals surface area contributed by atoms with Crippen molar-refractivity contribution in [3.05, 3.63) is 77.5 Å². The first-order chi connectivity index (χ1) is 18.1. The van der Waals surface area contributed by atoms with Gasteiger partial charge in [0.2, 0.25) is 10.0 Å². The van der Waals surface area contributed by atoms with Crippen molar-refractivity contribution < 1.29 is 23.4 Å². The lowest BCUT2D eigenvalue weighted by Gasteiger charge is -2.20. The number of carbonyl (C=O) groups is 1. The van der Waals surface area contributed by atoms with Crippen LogP contribution in [0, 0.1) is 0 Å². The number of nitrogens with one attached hydrogen (secondary N) is 1. The molecule has 3 aromatic carbocycles. The van der Waals surface area contributed by atoms with Crippen LogP contribution in [-0.4, -0.2) is 58.0 Å². The van der Waals surface area contributed by atoms with Gasteiger partial charge in [-0.2, -0.15) is 9.40 Å². The number of nitrogens with zero attached hydrogens (tertiary/aromatic N) is 3. The molecule has 1 saturated carbocycles. The van der Waals surface area contributed by atoms with E-state index >= 15 is 0 Å². The zero-order chi connectivity index (χ0) is 27.0. The summed E-state index contributed by atoms with van der Waals surface area (Å²) in [5, 5.41) is 27.6. The van der Waals surface area contributed by atoms with E-state index in [2.05, 4.69) is 10.4 Å². The molecule has 0 atom stereocenters. The van der Waals surface area contributed by atoms with Crippen LogP contribution in [0.5, 0.6) is 5.75 Å². The van der Waals surface area contributed by atoms with Crippen molar-refractivity contribution in [2.45, 2.75) is 25.3 Å². The molecule has 1 fully saturated rings. The molecule has 198 valence electrons. The van der Waals surface area contributed by atoms with Crippen molar-refractivity contribution in [2.24, 2.45) is 5.73 Å². The topological polar surface area (TPSA) is 151 Å². The highest BCUT2D eigenvalue weighted by atomic mass is 32.2. The van der Waals surface area contributed by atoms with Gasteiger partial charge in [0.15, 0.2) is 0 Å². The number of sulfonamides is 1. The minimum atomic E-state index is -3.54. The lowest BCUT2D eigenvalue weighted by atomic mass is 9.99. The SMILES string of the molecule is CS(=O)(=O)N(CCO)Cc1cc2nn(-c3ccc(Nc4cccc(O)c4)cc3)c(C(N)=O)c2cc1C1CC1. The molecule has 0 saturated heterocycles. The highest BCUT2D eigenvalue weighted by molar-refractivity contribution is 7.88. The predicted molar refractivity (Wildman–Crippen MR) is 145 cm³/mol. The number of anilines is 2. The number of carbonyl (C=O) groups excluding carboxylic acids is 1. The second-order valence-corrected chi connectivity index (χ2v) is 11.5. The van der Waals surface area contributed by atoms with E-state index in [4.69, 9.17) is 5.73 Å². The third kappa shape index (κ3) is 5.35. The molecule has 1 aliphatic rings. The summed E-state index contributed by atoms with van der Waals surface area (Å²) in [6.45, 7) is -0.189. The fourth-order valence-corrected chi connectivity index (χ4v) is 5.41. The summed E-state index contributed by atoms with van der Waals surface area (Å²) in [7, 11) is -3.54. The van der Waals surface area contributed by atoms with Crippen molar-refractivity contribution in [3.8, 4) is 11.4 Å². The number of fused-ring (bicyclic) bond motifs is 1. The summed E-state index contributed by atoms with van der Waals surface area (Å²) >= 11 is 0. The second-order valence-electron chi connectivity index (χ2n) is 9.51. The number of amides is 1. The molecule has 0 bridgehead atoms. The lowest BCUT2D eigenvalue weighted by molar-refractivity contribution is 0.0994. The summed E-state index contributed by atoms with van der Waals surface area (Å²) in [5.41, 5.74) is 10.5. The molecule has 0 aliphatic heterocycles. The average molecular weight is 536 g/mol. The average Bonchev–Trinajstić information content (AvgIpc) is 3.63.